The van der Waals surface area contributed by atoms with E-state index in [1.165, 1.54) is 0 Å². The highest BCUT2D eigenvalue weighted by atomic mass is 35.5. The normalized spacial score (nSPS) is 13.2. The summed E-state index contributed by atoms with van der Waals surface area (Å²) >= 11 is 5.59. The van der Waals surface area contributed by atoms with Crippen molar-refractivity contribution in [2.24, 2.45) is 5.92 Å². The zero-order valence-corrected chi connectivity index (χ0v) is 6.49. The molecule has 54 valence electrons. The Labute approximate surface area is 61.3 Å². The molecular formula is C7H13ClO. The SMILES string of the molecule is C=C(Cl)C(C)CCCO. The molecule has 0 aromatic rings. The Morgan fingerprint density at radius 2 is 2.33 bits per heavy atom. The summed E-state index contributed by atoms with van der Waals surface area (Å²) in [5, 5.41) is 9.11. The summed E-state index contributed by atoms with van der Waals surface area (Å²) in [6, 6.07) is 0. The number of allylic oxidation sites excluding steroid dienone is 1. The van der Waals surface area contributed by atoms with Gasteiger partial charge in [0.25, 0.3) is 0 Å². The van der Waals surface area contributed by atoms with Gasteiger partial charge in [0.2, 0.25) is 0 Å². The molecule has 0 aliphatic heterocycles. The van der Waals surface area contributed by atoms with E-state index in [1.54, 1.807) is 0 Å². The van der Waals surface area contributed by atoms with E-state index in [-0.39, 0.29) is 6.61 Å². The van der Waals surface area contributed by atoms with Gasteiger partial charge in [-0.1, -0.05) is 25.1 Å². The molecule has 0 bridgehead atoms. The quantitative estimate of drug-likeness (QED) is 0.648. The van der Waals surface area contributed by atoms with E-state index in [0.29, 0.717) is 11.0 Å². The van der Waals surface area contributed by atoms with E-state index < -0.39 is 0 Å². The van der Waals surface area contributed by atoms with Gasteiger partial charge in [-0.25, -0.2) is 0 Å². The van der Waals surface area contributed by atoms with Gasteiger partial charge in [0, 0.05) is 11.6 Å². The lowest BCUT2D eigenvalue weighted by atomic mass is 10.1. The van der Waals surface area contributed by atoms with Gasteiger partial charge >= 0.3 is 0 Å². The first-order chi connectivity index (χ1) is 4.18. The van der Waals surface area contributed by atoms with Gasteiger partial charge in [0.05, 0.1) is 0 Å². The van der Waals surface area contributed by atoms with Crippen LogP contribution in [-0.2, 0) is 0 Å². The van der Waals surface area contributed by atoms with Crippen molar-refractivity contribution in [3.05, 3.63) is 11.6 Å². The fraction of sp³-hybridized carbons (Fsp3) is 0.714. The number of rotatable bonds is 4. The minimum atomic E-state index is 0.245. The van der Waals surface area contributed by atoms with Crippen molar-refractivity contribution in [1.82, 2.24) is 0 Å². The van der Waals surface area contributed by atoms with Gasteiger partial charge in [-0.15, -0.1) is 0 Å². The first kappa shape index (κ1) is 8.99. The number of hydrogen-bond acceptors (Lipinski definition) is 1. The van der Waals surface area contributed by atoms with Crippen LogP contribution >= 0.6 is 11.6 Å². The fourth-order valence-corrected chi connectivity index (χ4v) is 0.663. The second kappa shape index (κ2) is 4.83. The Morgan fingerprint density at radius 3 is 2.67 bits per heavy atom. The summed E-state index contributed by atoms with van der Waals surface area (Å²) < 4.78 is 0. The van der Waals surface area contributed by atoms with Gasteiger partial charge in [0.15, 0.2) is 0 Å². The first-order valence-electron chi connectivity index (χ1n) is 3.13. The Morgan fingerprint density at radius 1 is 1.78 bits per heavy atom. The van der Waals surface area contributed by atoms with Crippen molar-refractivity contribution in [3.8, 4) is 0 Å². The highest BCUT2D eigenvalue weighted by Crippen LogP contribution is 2.17. The molecule has 9 heavy (non-hydrogen) atoms. The van der Waals surface area contributed by atoms with Crippen LogP contribution in [0.5, 0.6) is 0 Å². The van der Waals surface area contributed by atoms with Crippen LogP contribution in [0.15, 0.2) is 11.6 Å². The monoisotopic (exact) mass is 148 g/mol. The molecule has 1 unspecified atom stereocenters. The highest BCUT2D eigenvalue weighted by molar-refractivity contribution is 6.29. The molecule has 0 saturated heterocycles. The minimum Gasteiger partial charge on any atom is -0.396 e. The zero-order valence-electron chi connectivity index (χ0n) is 5.73. The maximum absolute atomic E-state index is 8.42. The highest BCUT2D eigenvalue weighted by Gasteiger charge is 2.01. The molecule has 0 aromatic carbocycles. The van der Waals surface area contributed by atoms with Crippen LogP contribution in [0.25, 0.3) is 0 Å². The van der Waals surface area contributed by atoms with Crippen molar-refractivity contribution in [1.29, 1.82) is 0 Å². The molecule has 1 N–H and O–H groups in total. The molecule has 0 radical (unpaired) electrons. The molecule has 0 spiro atoms. The lowest BCUT2D eigenvalue weighted by Crippen LogP contribution is -1.94. The summed E-state index contributed by atoms with van der Waals surface area (Å²) in [5.74, 6) is 0.332. The Bertz CT molecular complexity index is 90.9. The molecule has 0 saturated carbocycles. The van der Waals surface area contributed by atoms with Crippen LogP contribution in [0.4, 0.5) is 0 Å². The molecule has 0 amide bonds. The van der Waals surface area contributed by atoms with Gasteiger partial charge in [-0.3, -0.25) is 0 Å². The average Bonchev–Trinajstić information content (AvgIpc) is 1.82. The van der Waals surface area contributed by atoms with Gasteiger partial charge < -0.3 is 5.11 Å². The average molecular weight is 149 g/mol. The van der Waals surface area contributed by atoms with Crippen LogP contribution < -0.4 is 0 Å². The third-order valence-corrected chi connectivity index (χ3v) is 1.70. The molecule has 0 rings (SSSR count). The predicted molar refractivity (Wildman–Crippen MR) is 40.5 cm³/mol. The first-order valence-corrected chi connectivity index (χ1v) is 3.51. The number of hydrogen-bond donors (Lipinski definition) is 1. The number of aliphatic hydroxyl groups is 1. The summed E-state index contributed by atoms with van der Waals surface area (Å²) in [6.07, 6.45) is 1.74. The molecular weight excluding hydrogens is 136 g/mol. The minimum absolute atomic E-state index is 0.245. The molecule has 1 atom stereocenters. The summed E-state index contributed by atoms with van der Waals surface area (Å²) in [4.78, 5) is 0. The molecule has 0 aliphatic carbocycles. The van der Waals surface area contributed by atoms with E-state index >= 15 is 0 Å². The fourth-order valence-electron chi connectivity index (χ4n) is 0.554. The van der Waals surface area contributed by atoms with Gasteiger partial charge in [-0.05, 0) is 18.8 Å². The van der Waals surface area contributed by atoms with Crippen molar-refractivity contribution in [2.75, 3.05) is 6.61 Å². The van der Waals surface area contributed by atoms with E-state index in [0.717, 1.165) is 12.8 Å². The Hall–Kier alpha value is -0.0100. The third kappa shape index (κ3) is 4.49. The van der Waals surface area contributed by atoms with E-state index in [4.69, 9.17) is 16.7 Å². The van der Waals surface area contributed by atoms with Gasteiger partial charge in [-0.2, -0.15) is 0 Å². The Balaban J connectivity index is 3.27. The van der Waals surface area contributed by atoms with Crippen LogP contribution in [-0.4, -0.2) is 11.7 Å². The maximum atomic E-state index is 8.42. The second-order valence-corrected chi connectivity index (χ2v) is 2.70. The number of halogens is 1. The molecule has 0 fully saturated rings. The lowest BCUT2D eigenvalue weighted by molar-refractivity contribution is 0.278. The van der Waals surface area contributed by atoms with Crippen molar-refractivity contribution in [2.45, 2.75) is 19.8 Å². The second-order valence-electron chi connectivity index (χ2n) is 2.21. The van der Waals surface area contributed by atoms with Crippen LogP contribution in [0.2, 0.25) is 0 Å². The summed E-state index contributed by atoms with van der Waals surface area (Å²) in [5.41, 5.74) is 0. The van der Waals surface area contributed by atoms with E-state index in [1.807, 2.05) is 6.92 Å². The van der Waals surface area contributed by atoms with Gasteiger partial charge in [0.1, 0.15) is 0 Å². The van der Waals surface area contributed by atoms with Crippen molar-refractivity contribution >= 4 is 11.6 Å². The van der Waals surface area contributed by atoms with Crippen LogP contribution in [0.3, 0.4) is 0 Å². The molecule has 0 aromatic heterocycles. The van der Waals surface area contributed by atoms with Crippen molar-refractivity contribution < 1.29 is 5.11 Å². The summed E-state index contributed by atoms with van der Waals surface area (Å²) in [6.45, 7) is 5.84. The lowest BCUT2D eigenvalue weighted by Gasteiger charge is -2.06. The van der Waals surface area contributed by atoms with Crippen LogP contribution in [0, 0.1) is 5.92 Å². The smallest absolute Gasteiger partial charge is 0.0431 e. The van der Waals surface area contributed by atoms with Crippen molar-refractivity contribution in [3.63, 3.8) is 0 Å². The maximum Gasteiger partial charge on any atom is 0.0431 e. The standard InChI is InChI=1S/C7H13ClO/c1-6(7(2)8)4-3-5-9/h6,9H,2-5H2,1H3. The van der Waals surface area contributed by atoms with Crippen LogP contribution in [0.1, 0.15) is 19.8 Å². The Kier molecular flexibility index (Phi) is 4.83. The zero-order chi connectivity index (χ0) is 7.28. The molecule has 2 heteroatoms. The topological polar surface area (TPSA) is 20.2 Å². The molecule has 0 aliphatic rings. The molecule has 0 heterocycles. The largest absolute Gasteiger partial charge is 0.396 e. The summed E-state index contributed by atoms with van der Waals surface area (Å²) in [7, 11) is 0. The third-order valence-electron chi connectivity index (χ3n) is 1.33. The van der Waals surface area contributed by atoms with E-state index in [2.05, 4.69) is 6.58 Å². The van der Waals surface area contributed by atoms with E-state index in [9.17, 15) is 0 Å². The molecule has 1 nitrogen and oxygen atoms in total. The number of aliphatic hydroxyl groups excluding tert-OH is 1. The predicted octanol–water partition coefficient (Wildman–Crippen LogP) is 2.15.